The van der Waals surface area contributed by atoms with E-state index in [9.17, 15) is 0 Å². The van der Waals surface area contributed by atoms with Gasteiger partial charge in [0.1, 0.15) is 5.69 Å². The van der Waals surface area contributed by atoms with Crippen LogP contribution in [0.2, 0.25) is 0 Å². The predicted molar refractivity (Wildman–Crippen MR) is 80.7 cm³/mol. The van der Waals surface area contributed by atoms with Crippen LogP contribution in [0, 0.1) is 0 Å². The van der Waals surface area contributed by atoms with Gasteiger partial charge in [0.05, 0.1) is 10.3 Å². The first-order chi connectivity index (χ1) is 9.36. The molecule has 8 heteroatoms. The van der Waals surface area contributed by atoms with Crippen molar-refractivity contribution in [1.29, 1.82) is 0 Å². The summed E-state index contributed by atoms with van der Waals surface area (Å²) in [7, 11) is 0. The van der Waals surface area contributed by atoms with Gasteiger partial charge in [-0.25, -0.2) is 4.98 Å². The fourth-order valence-electron chi connectivity index (χ4n) is 1.75. The van der Waals surface area contributed by atoms with Gasteiger partial charge in [-0.05, 0) is 6.54 Å². The van der Waals surface area contributed by atoms with E-state index in [1.807, 2.05) is 28.9 Å². The molecule has 3 heterocycles. The van der Waals surface area contributed by atoms with Crippen molar-refractivity contribution in [2.24, 2.45) is 5.73 Å². The van der Waals surface area contributed by atoms with Crippen LogP contribution in [0.4, 0.5) is 0 Å². The van der Waals surface area contributed by atoms with E-state index in [1.165, 1.54) is 5.75 Å². The normalized spacial score (nSPS) is 19.7. The van der Waals surface area contributed by atoms with Gasteiger partial charge in [-0.2, -0.15) is 16.7 Å². The summed E-state index contributed by atoms with van der Waals surface area (Å²) in [6.45, 7) is 0.609. The van der Waals surface area contributed by atoms with E-state index in [0.29, 0.717) is 17.7 Å². The maximum atomic E-state index is 5.52. The summed E-state index contributed by atoms with van der Waals surface area (Å²) in [6, 6.07) is 0. The number of rotatable bonds is 4. The SMILES string of the molecule is NCCc1nc(-c2nc(C3CSCCS3)no2)cs1. The zero-order chi connectivity index (χ0) is 13.1. The molecule has 2 aromatic heterocycles. The highest BCUT2D eigenvalue weighted by Crippen LogP contribution is 2.35. The van der Waals surface area contributed by atoms with E-state index >= 15 is 0 Å². The minimum atomic E-state index is 0.346. The Morgan fingerprint density at radius 3 is 3.11 bits per heavy atom. The third-order valence-electron chi connectivity index (χ3n) is 2.67. The lowest BCUT2D eigenvalue weighted by Crippen LogP contribution is -2.07. The maximum absolute atomic E-state index is 5.52. The Morgan fingerprint density at radius 2 is 2.32 bits per heavy atom. The highest BCUT2D eigenvalue weighted by atomic mass is 32.2. The van der Waals surface area contributed by atoms with Crippen LogP contribution in [0.5, 0.6) is 0 Å². The summed E-state index contributed by atoms with van der Waals surface area (Å²) in [4.78, 5) is 8.94. The lowest BCUT2D eigenvalue weighted by Gasteiger charge is -2.16. The summed E-state index contributed by atoms with van der Waals surface area (Å²) in [5.41, 5.74) is 6.28. The number of hydrogen-bond donors (Lipinski definition) is 1. The molecule has 102 valence electrons. The van der Waals surface area contributed by atoms with E-state index in [0.717, 1.165) is 34.5 Å². The van der Waals surface area contributed by atoms with Crippen molar-refractivity contribution in [3.8, 4) is 11.6 Å². The van der Waals surface area contributed by atoms with Crippen LogP contribution in [-0.4, -0.2) is 38.9 Å². The van der Waals surface area contributed by atoms with Gasteiger partial charge in [-0.3, -0.25) is 0 Å². The molecule has 2 N–H and O–H groups in total. The Kier molecular flexibility index (Phi) is 4.42. The van der Waals surface area contributed by atoms with Crippen molar-refractivity contribution in [2.45, 2.75) is 11.7 Å². The molecule has 0 amide bonds. The summed E-state index contributed by atoms with van der Waals surface area (Å²) in [5, 5.41) is 7.40. The van der Waals surface area contributed by atoms with Gasteiger partial charge in [0.25, 0.3) is 5.89 Å². The van der Waals surface area contributed by atoms with Crippen molar-refractivity contribution in [2.75, 3.05) is 23.8 Å². The highest BCUT2D eigenvalue weighted by molar-refractivity contribution is 8.06. The van der Waals surface area contributed by atoms with Gasteiger partial charge >= 0.3 is 0 Å². The molecule has 0 bridgehead atoms. The third-order valence-corrected chi connectivity index (χ3v) is 6.33. The molecule has 1 aliphatic rings. The number of thioether (sulfide) groups is 2. The van der Waals surface area contributed by atoms with Gasteiger partial charge in [-0.1, -0.05) is 5.16 Å². The molecule has 0 saturated carbocycles. The molecule has 0 aliphatic carbocycles. The molecule has 3 rings (SSSR count). The van der Waals surface area contributed by atoms with E-state index < -0.39 is 0 Å². The minimum absolute atomic E-state index is 0.346. The molecule has 0 radical (unpaired) electrons. The lowest BCUT2D eigenvalue weighted by molar-refractivity contribution is 0.422. The first-order valence-electron chi connectivity index (χ1n) is 6.04. The van der Waals surface area contributed by atoms with E-state index in [-0.39, 0.29) is 0 Å². The van der Waals surface area contributed by atoms with E-state index in [4.69, 9.17) is 10.3 Å². The van der Waals surface area contributed by atoms with Gasteiger partial charge in [0.15, 0.2) is 5.82 Å². The molecule has 1 saturated heterocycles. The average Bonchev–Trinajstić information content (AvgIpc) is 3.08. The maximum Gasteiger partial charge on any atom is 0.277 e. The Hall–Kier alpha value is -0.570. The minimum Gasteiger partial charge on any atom is -0.332 e. The summed E-state index contributed by atoms with van der Waals surface area (Å²) < 4.78 is 5.32. The number of hydrogen-bond acceptors (Lipinski definition) is 8. The first-order valence-corrected chi connectivity index (χ1v) is 9.13. The average molecular weight is 314 g/mol. The predicted octanol–water partition coefficient (Wildman–Crippen LogP) is 2.22. The summed E-state index contributed by atoms with van der Waals surface area (Å²) >= 11 is 5.43. The van der Waals surface area contributed by atoms with Gasteiger partial charge < -0.3 is 10.3 Å². The van der Waals surface area contributed by atoms with Crippen LogP contribution in [0.25, 0.3) is 11.6 Å². The topological polar surface area (TPSA) is 77.8 Å². The third kappa shape index (κ3) is 3.13. The number of aromatic nitrogens is 3. The molecule has 1 aliphatic heterocycles. The number of nitrogens with zero attached hydrogens (tertiary/aromatic N) is 3. The lowest BCUT2D eigenvalue weighted by atomic mass is 10.4. The molecule has 0 spiro atoms. The quantitative estimate of drug-likeness (QED) is 0.927. The van der Waals surface area contributed by atoms with Crippen molar-refractivity contribution in [3.05, 3.63) is 16.2 Å². The van der Waals surface area contributed by atoms with Crippen molar-refractivity contribution in [1.82, 2.24) is 15.1 Å². The first kappa shape index (κ1) is 13.4. The zero-order valence-electron chi connectivity index (χ0n) is 10.2. The second kappa shape index (κ2) is 6.25. The van der Waals surface area contributed by atoms with Gasteiger partial charge in [0.2, 0.25) is 0 Å². The Bertz CT molecular complexity index is 536. The molecule has 0 aromatic carbocycles. The second-order valence-electron chi connectivity index (χ2n) is 4.06. The van der Waals surface area contributed by atoms with Gasteiger partial charge in [0, 0.05) is 29.1 Å². The second-order valence-corrected chi connectivity index (χ2v) is 7.46. The van der Waals surface area contributed by atoms with E-state index in [2.05, 4.69) is 15.1 Å². The van der Waals surface area contributed by atoms with Crippen LogP contribution in [-0.2, 0) is 6.42 Å². The number of thiazole rings is 1. The van der Waals surface area contributed by atoms with Crippen LogP contribution in [0.1, 0.15) is 16.1 Å². The molecule has 2 aromatic rings. The molecule has 5 nitrogen and oxygen atoms in total. The molecular formula is C11H14N4OS3. The van der Waals surface area contributed by atoms with Crippen LogP contribution < -0.4 is 5.73 Å². The van der Waals surface area contributed by atoms with Crippen molar-refractivity contribution >= 4 is 34.9 Å². The molecule has 1 unspecified atom stereocenters. The standard InChI is InChI=1S/C11H14N4OS3/c12-2-1-9-13-7(5-19-9)11-14-10(15-16-11)8-6-17-3-4-18-8/h5,8H,1-4,6,12H2. The fourth-order valence-corrected chi connectivity index (χ4v) is 5.13. The summed E-state index contributed by atoms with van der Waals surface area (Å²) in [6.07, 6.45) is 0.792. The summed E-state index contributed by atoms with van der Waals surface area (Å²) in [5.74, 6) is 4.72. The Balaban J connectivity index is 1.75. The Labute approximate surface area is 123 Å². The van der Waals surface area contributed by atoms with Crippen molar-refractivity contribution in [3.63, 3.8) is 0 Å². The zero-order valence-corrected chi connectivity index (χ0v) is 12.7. The molecule has 1 atom stereocenters. The van der Waals surface area contributed by atoms with Crippen LogP contribution in [0.3, 0.4) is 0 Å². The van der Waals surface area contributed by atoms with Crippen molar-refractivity contribution < 1.29 is 4.52 Å². The van der Waals surface area contributed by atoms with Crippen LogP contribution >= 0.6 is 34.9 Å². The monoisotopic (exact) mass is 314 g/mol. The fraction of sp³-hybridized carbons (Fsp3) is 0.545. The van der Waals surface area contributed by atoms with Gasteiger partial charge in [-0.15, -0.1) is 23.1 Å². The van der Waals surface area contributed by atoms with E-state index in [1.54, 1.807) is 11.3 Å². The molecule has 19 heavy (non-hydrogen) atoms. The highest BCUT2D eigenvalue weighted by Gasteiger charge is 2.23. The Morgan fingerprint density at radius 1 is 1.37 bits per heavy atom. The number of nitrogens with two attached hydrogens (primary N) is 1. The molecule has 1 fully saturated rings. The molecular weight excluding hydrogens is 300 g/mol. The van der Waals surface area contributed by atoms with Crippen LogP contribution in [0.15, 0.2) is 9.90 Å². The smallest absolute Gasteiger partial charge is 0.277 e. The largest absolute Gasteiger partial charge is 0.332 e.